The minimum absolute atomic E-state index is 0.0594. The van der Waals surface area contributed by atoms with Gasteiger partial charge in [0.25, 0.3) is 0 Å². The number of benzene rings is 1. The first-order valence-corrected chi connectivity index (χ1v) is 6.25. The first-order chi connectivity index (χ1) is 8.59. The number of para-hydroxylation sites is 1. The summed E-state index contributed by atoms with van der Waals surface area (Å²) in [6, 6.07) is 8.60. The van der Waals surface area contributed by atoms with E-state index in [-0.39, 0.29) is 5.41 Å². The van der Waals surface area contributed by atoms with Crippen molar-refractivity contribution < 1.29 is 4.58 Å². The molecule has 1 heteroatoms. The Hall–Kier alpha value is -1.89. The van der Waals surface area contributed by atoms with Crippen LogP contribution >= 0.6 is 0 Å². The third kappa shape index (κ3) is 1.97. The van der Waals surface area contributed by atoms with Gasteiger partial charge in [-0.25, -0.2) is 0 Å². The van der Waals surface area contributed by atoms with Crippen LogP contribution in [0.1, 0.15) is 19.4 Å². The van der Waals surface area contributed by atoms with E-state index in [9.17, 15) is 0 Å². The molecule has 1 nitrogen and oxygen atoms in total. The molecular formula is C17H20N+. The molecule has 0 atom stereocenters. The monoisotopic (exact) mass is 238 g/mol. The van der Waals surface area contributed by atoms with E-state index in [1.807, 2.05) is 12.2 Å². The predicted molar refractivity (Wildman–Crippen MR) is 78.8 cm³/mol. The van der Waals surface area contributed by atoms with Gasteiger partial charge in [0.15, 0.2) is 5.71 Å². The summed E-state index contributed by atoms with van der Waals surface area (Å²) in [5, 5.41) is 0. The van der Waals surface area contributed by atoms with Gasteiger partial charge in [-0.1, -0.05) is 49.1 Å². The number of allylic oxidation sites excluding steroid dienone is 5. The lowest BCUT2D eigenvalue weighted by molar-refractivity contribution is -0.401. The van der Waals surface area contributed by atoms with Crippen LogP contribution in [0.15, 0.2) is 61.2 Å². The highest BCUT2D eigenvalue weighted by atomic mass is 15.0. The smallest absolute Gasteiger partial charge is 0.198 e. The fourth-order valence-electron chi connectivity index (χ4n) is 2.59. The molecule has 0 N–H and O–H groups in total. The van der Waals surface area contributed by atoms with E-state index in [0.717, 1.165) is 0 Å². The predicted octanol–water partition coefficient (Wildman–Crippen LogP) is 3.99. The molecule has 18 heavy (non-hydrogen) atoms. The number of hydrogen-bond acceptors (Lipinski definition) is 0. The van der Waals surface area contributed by atoms with Gasteiger partial charge in [0.2, 0.25) is 5.69 Å². The Kier molecular flexibility index (Phi) is 3.33. The molecule has 0 unspecified atom stereocenters. The van der Waals surface area contributed by atoms with Crippen molar-refractivity contribution in [3.05, 3.63) is 66.8 Å². The SMILES string of the molecule is C=C/C=C/C=C\C1=[N+](C)c2ccccc2C1(C)C. The van der Waals surface area contributed by atoms with Gasteiger partial charge in [0.1, 0.15) is 7.05 Å². The molecule has 1 aliphatic heterocycles. The van der Waals surface area contributed by atoms with Gasteiger partial charge in [-0.05, 0) is 13.8 Å². The lowest BCUT2D eigenvalue weighted by Crippen LogP contribution is -2.26. The Bertz CT molecular complexity index is 557. The first kappa shape index (κ1) is 12.6. The third-order valence-electron chi connectivity index (χ3n) is 3.55. The molecule has 0 aromatic heterocycles. The van der Waals surface area contributed by atoms with Crippen molar-refractivity contribution in [2.45, 2.75) is 19.3 Å². The first-order valence-electron chi connectivity index (χ1n) is 6.25. The number of nitrogens with zero attached hydrogens (tertiary/aromatic N) is 1. The maximum Gasteiger partial charge on any atom is 0.209 e. The summed E-state index contributed by atoms with van der Waals surface area (Å²) in [7, 11) is 2.13. The summed E-state index contributed by atoms with van der Waals surface area (Å²) in [6.45, 7) is 8.21. The summed E-state index contributed by atoms with van der Waals surface area (Å²) < 4.78 is 2.27. The van der Waals surface area contributed by atoms with Gasteiger partial charge in [-0.3, -0.25) is 0 Å². The number of hydrogen-bond donors (Lipinski definition) is 0. The zero-order chi connectivity index (χ0) is 13.2. The van der Waals surface area contributed by atoms with Crippen molar-refractivity contribution in [2.75, 3.05) is 7.05 Å². The number of fused-ring (bicyclic) bond motifs is 1. The van der Waals surface area contributed by atoms with Gasteiger partial charge < -0.3 is 0 Å². The molecule has 1 aromatic rings. The lowest BCUT2D eigenvalue weighted by Gasteiger charge is -2.14. The van der Waals surface area contributed by atoms with Crippen molar-refractivity contribution in [3.8, 4) is 0 Å². The summed E-state index contributed by atoms with van der Waals surface area (Å²) in [5.74, 6) is 0. The van der Waals surface area contributed by atoms with Crippen molar-refractivity contribution >= 4 is 11.4 Å². The standard InChI is InChI=1S/C17H20N/c1-5-6-7-8-13-16-17(2,3)14-11-9-10-12-15(14)18(16)4/h5-13H,1H2,2-4H3/q+1/b7-6+,13-8-. The summed E-state index contributed by atoms with van der Waals surface area (Å²) in [4.78, 5) is 0. The third-order valence-corrected chi connectivity index (χ3v) is 3.55. The molecule has 0 saturated carbocycles. The minimum Gasteiger partial charge on any atom is -0.198 e. The van der Waals surface area contributed by atoms with Crippen LogP contribution in [-0.4, -0.2) is 17.3 Å². The molecule has 1 heterocycles. The average Bonchev–Trinajstić information content (AvgIpc) is 2.55. The highest BCUT2D eigenvalue weighted by Crippen LogP contribution is 2.38. The Balaban J connectivity index is 2.44. The topological polar surface area (TPSA) is 3.01 Å². The van der Waals surface area contributed by atoms with E-state index in [1.165, 1.54) is 17.0 Å². The van der Waals surface area contributed by atoms with Crippen LogP contribution in [0.4, 0.5) is 5.69 Å². The van der Waals surface area contributed by atoms with Crippen LogP contribution in [0.2, 0.25) is 0 Å². The van der Waals surface area contributed by atoms with E-state index >= 15 is 0 Å². The normalized spacial score (nSPS) is 17.7. The fourth-order valence-corrected chi connectivity index (χ4v) is 2.59. The average molecular weight is 238 g/mol. The number of rotatable bonds is 3. The quantitative estimate of drug-likeness (QED) is 0.553. The molecule has 0 spiro atoms. The highest BCUT2D eigenvalue weighted by Gasteiger charge is 2.42. The fraction of sp³-hybridized carbons (Fsp3) is 0.235. The molecule has 0 amide bonds. The van der Waals surface area contributed by atoms with Gasteiger partial charge in [-0.2, -0.15) is 4.58 Å². The Morgan fingerprint density at radius 2 is 1.83 bits per heavy atom. The maximum absolute atomic E-state index is 3.67. The van der Waals surface area contributed by atoms with Crippen molar-refractivity contribution in [1.82, 2.24) is 0 Å². The van der Waals surface area contributed by atoms with E-state index in [2.05, 4.69) is 68.5 Å². The molecule has 0 radical (unpaired) electrons. The van der Waals surface area contributed by atoms with Crippen LogP contribution in [0.5, 0.6) is 0 Å². The van der Waals surface area contributed by atoms with Gasteiger partial charge in [-0.15, -0.1) is 0 Å². The van der Waals surface area contributed by atoms with Crippen LogP contribution in [0, 0.1) is 0 Å². The summed E-state index contributed by atoms with van der Waals surface area (Å²) >= 11 is 0. The van der Waals surface area contributed by atoms with Crippen molar-refractivity contribution in [3.63, 3.8) is 0 Å². The maximum atomic E-state index is 3.67. The molecule has 1 aliphatic rings. The minimum atomic E-state index is 0.0594. The molecule has 92 valence electrons. The van der Waals surface area contributed by atoms with Crippen LogP contribution in [-0.2, 0) is 5.41 Å². The summed E-state index contributed by atoms with van der Waals surface area (Å²) in [6.07, 6.45) is 9.98. The largest absolute Gasteiger partial charge is 0.209 e. The van der Waals surface area contributed by atoms with Gasteiger partial charge >= 0.3 is 0 Å². The van der Waals surface area contributed by atoms with Gasteiger partial charge in [0, 0.05) is 17.7 Å². The zero-order valence-corrected chi connectivity index (χ0v) is 11.4. The van der Waals surface area contributed by atoms with Crippen molar-refractivity contribution in [2.24, 2.45) is 0 Å². The molecule has 1 aromatic carbocycles. The van der Waals surface area contributed by atoms with Crippen LogP contribution < -0.4 is 0 Å². The van der Waals surface area contributed by atoms with Crippen LogP contribution in [0.3, 0.4) is 0 Å². The molecular weight excluding hydrogens is 218 g/mol. The lowest BCUT2D eigenvalue weighted by atomic mass is 9.81. The second-order valence-corrected chi connectivity index (χ2v) is 5.07. The van der Waals surface area contributed by atoms with Crippen LogP contribution in [0.25, 0.3) is 0 Å². The Morgan fingerprint density at radius 1 is 1.11 bits per heavy atom. The van der Waals surface area contributed by atoms with Crippen molar-refractivity contribution in [1.29, 1.82) is 0 Å². The van der Waals surface area contributed by atoms with Gasteiger partial charge in [0.05, 0.1) is 5.41 Å². The Morgan fingerprint density at radius 3 is 2.50 bits per heavy atom. The van der Waals surface area contributed by atoms with E-state index < -0.39 is 0 Å². The molecule has 0 saturated heterocycles. The second-order valence-electron chi connectivity index (χ2n) is 5.07. The molecule has 2 rings (SSSR count). The van der Waals surface area contributed by atoms with E-state index in [4.69, 9.17) is 0 Å². The summed E-state index contributed by atoms with van der Waals surface area (Å²) in [5.41, 5.74) is 4.07. The van der Waals surface area contributed by atoms with E-state index in [0.29, 0.717) is 0 Å². The highest BCUT2D eigenvalue weighted by molar-refractivity contribution is 6.03. The zero-order valence-electron chi connectivity index (χ0n) is 11.4. The van der Waals surface area contributed by atoms with E-state index in [1.54, 1.807) is 6.08 Å². The molecule has 0 fully saturated rings. The molecule has 0 aliphatic carbocycles. The second kappa shape index (κ2) is 4.77. The Labute approximate surface area is 109 Å². The molecule has 0 bridgehead atoms.